The zero-order valence-electron chi connectivity index (χ0n) is 12.0. The van der Waals surface area contributed by atoms with Crippen molar-refractivity contribution in [2.24, 2.45) is 5.92 Å². The first-order chi connectivity index (χ1) is 9.20. The molecular formula is C17H23NS. The summed E-state index contributed by atoms with van der Waals surface area (Å²) in [5.41, 5.74) is 0. The Hall–Kier alpha value is -0.990. The molecular weight excluding hydrogens is 250 g/mol. The molecule has 0 saturated heterocycles. The quantitative estimate of drug-likeness (QED) is 0.774. The molecule has 0 bridgehead atoms. The van der Waals surface area contributed by atoms with Gasteiger partial charge in [0.1, 0.15) is 0 Å². The van der Waals surface area contributed by atoms with Crippen LogP contribution in [0.15, 0.2) is 47.4 Å². The van der Waals surface area contributed by atoms with Crippen molar-refractivity contribution < 1.29 is 0 Å². The Kier molecular flexibility index (Phi) is 5.29. The van der Waals surface area contributed by atoms with Gasteiger partial charge in [-0.15, -0.1) is 11.8 Å². The van der Waals surface area contributed by atoms with E-state index in [1.165, 1.54) is 15.7 Å². The van der Waals surface area contributed by atoms with Gasteiger partial charge in [-0.1, -0.05) is 51.1 Å². The van der Waals surface area contributed by atoms with Gasteiger partial charge in [-0.3, -0.25) is 0 Å². The summed E-state index contributed by atoms with van der Waals surface area (Å²) in [7, 11) is 0. The normalized spacial score (nSPS) is 13.1. The molecule has 1 N–H and O–H groups in total. The molecule has 2 heteroatoms. The maximum atomic E-state index is 3.57. The lowest BCUT2D eigenvalue weighted by Crippen LogP contribution is -2.35. The van der Waals surface area contributed by atoms with Crippen molar-refractivity contribution in [1.29, 1.82) is 0 Å². The van der Waals surface area contributed by atoms with Crippen molar-refractivity contribution >= 4 is 22.5 Å². The van der Waals surface area contributed by atoms with Crippen molar-refractivity contribution in [3.8, 4) is 0 Å². The highest BCUT2D eigenvalue weighted by Gasteiger charge is 2.12. The highest BCUT2D eigenvalue weighted by atomic mass is 32.2. The summed E-state index contributed by atoms with van der Waals surface area (Å²) in [5, 5.41) is 6.22. The van der Waals surface area contributed by atoms with E-state index in [1.54, 1.807) is 0 Å². The molecule has 19 heavy (non-hydrogen) atoms. The second-order valence-corrected chi connectivity index (χ2v) is 6.32. The lowest BCUT2D eigenvalue weighted by Gasteiger charge is -2.21. The molecule has 0 aromatic heterocycles. The van der Waals surface area contributed by atoms with Gasteiger partial charge >= 0.3 is 0 Å². The summed E-state index contributed by atoms with van der Waals surface area (Å²) >= 11 is 1.95. The van der Waals surface area contributed by atoms with E-state index in [0.717, 1.165) is 12.3 Å². The van der Waals surface area contributed by atoms with Gasteiger partial charge in [0.25, 0.3) is 0 Å². The van der Waals surface area contributed by atoms with Gasteiger partial charge in [0.05, 0.1) is 0 Å². The standard InChI is InChI=1S/C17H23NS/c1-4-18-17(13(2)3)12-19-16-10-9-14-7-5-6-8-15(14)11-16/h5-11,13,17-18H,4,12H2,1-3H3. The third-order valence-corrected chi connectivity index (χ3v) is 4.53. The van der Waals surface area contributed by atoms with Crippen molar-refractivity contribution in [2.45, 2.75) is 31.7 Å². The molecule has 0 spiro atoms. The smallest absolute Gasteiger partial charge is 0.0184 e. The van der Waals surface area contributed by atoms with Crippen molar-refractivity contribution in [3.63, 3.8) is 0 Å². The maximum Gasteiger partial charge on any atom is 0.0184 e. The summed E-state index contributed by atoms with van der Waals surface area (Å²) in [5.74, 6) is 1.80. The van der Waals surface area contributed by atoms with Crippen LogP contribution in [0.4, 0.5) is 0 Å². The van der Waals surface area contributed by atoms with E-state index in [4.69, 9.17) is 0 Å². The lowest BCUT2D eigenvalue weighted by atomic mass is 10.1. The molecule has 0 aliphatic carbocycles. The minimum atomic E-state index is 0.585. The number of hydrogen-bond donors (Lipinski definition) is 1. The fourth-order valence-electron chi connectivity index (χ4n) is 2.19. The molecule has 1 atom stereocenters. The van der Waals surface area contributed by atoms with Gasteiger partial charge in [-0.25, -0.2) is 0 Å². The number of hydrogen-bond acceptors (Lipinski definition) is 2. The fourth-order valence-corrected chi connectivity index (χ4v) is 3.44. The first kappa shape index (κ1) is 14.4. The Morgan fingerprint density at radius 3 is 2.47 bits per heavy atom. The monoisotopic (exact) mass is 273 g/mol. The van der Waals surface area contributed by atoms with E-state index in [-0.39, 0.29) is 0 Å². The van der Waals surface area contributed by atoms with Crippen LogP contribution >= 0.6 is 11.8 Å². The predicted molar refractivity (Wildman–Crippen MR) is 87.0 cm³/mol. The maximum absolute atomic E-state index is 3.57. The van der Waals surface area contributed by atoms with Crippen LogP contribution in [0.1, 0.15) is 20.8 Å². The van der Waals surface area contributed by atoms with Gasteiger partial charge < -0.3 is 5.32 Å². The highest BCUT2D eigenvalue weighted by molar-refractivity contribution is 7.99. The first-order valence-electron chi connectivity index (χ1n) is 7.05. The molecule has 1 nitrogen and oxygen atoms in total. The molecule has 102 valence electrons. The first-order valence-corrected chi connectivity index (χ1v) is 8.04. The molecule has 2 aromatic carbocycles. The number of fused-ring (bicyclic) bond motifs is 1. The predicted octanol–water partition coefficient (Wildman–Crippen LogP) is 4.57. The summed E-state index contributed by atoms with van der Waals surface area (Å²) in [6.45, 7) is 7.79. The molecule has 0 amide bonds. The average molecular weight is 273 g/mol. The summed E-state index contributed by atoms with van der Waals surface area (Å²) < 4.78 is 0. The zero-order valence-corrected chi connectivity index (χ0v) is 12.8. The number of thioether (sulfide) groups is 1. The minimum absolute atomic E-state index is 0.585. The second kappa shape index (κ2) is 6.97. The van der Waals surface area contributed by atoms with Crippen LogP contribution in [0.2, 0.25) is 0 Å². The Morgan fingerprint density at radius 1 is 1.05 bits per heavy atom. The van der Waals surface area contributed by atoms with Gasteiger partial charge in [0, 0.05) is 16.7 Å². The van der Waals surface area contributed by atoms with E-state index in [0.29, 0.717) is 12.0 Å². The number of benzene rings is 2. The third-order valence-electron chi connectivity index (χ3n) is 3.42. The summed E-state index contributed by atoms with van der Waals surface area (Å²) in [6.07, 6.45) is 0. The van der Waals surface area contributed by atoms with Crippen LogP contribution in [-0.2, 0) is 0 Å². The number of nitrogens with one attached hydrogen (secondary N) is 1. The molecule has 1 unspecified atom stereocenters. The average Bonchev–Trinajstić information content (AvgIpc) is 2.43. The minimum Gasteiger partial charge on any atom is -0.313 e. The molecule has 0 heterocycles. The Morgan fingerprint density at radius 2 is 1.79 bits per heavy atom. The zero-order chi connectivity index (χ0) is 13.7. The van der Waals surface area contributed by atoms with Crippen LogP contribution in [0.5, 0.6) is 0 Å². The van der Waals surface area contributed by atoms with E-state index < -0.39 is 0 Å². The molecule has 0 aliphatic heterocycles. The van der Waals surface area contributed by atoms with E-state index in [2.05, 4.69) is 68.6 Å². The summed E-state index contributed by atoms with van der Waals surface area (Å²) in [4.78, 5) is 1.36. The van der Waals surface area contributed by atoms with Gasteiger partial charge in [-0.05, 0) is 35.4 Å². The highest BCUT2D eigenvalue weighted by Crippen LogP contribution is 2.25. The van der Waals surface area contributed by atoms with Crippen LogP contribution in [0, 0.1) is 5.92 Å². The van der Waals surface area contributed by atoms with Gasteiger partial charge in [0.15, 0.2) is 0 Å². The van der Waals surface area contributed by atoms with Crippen LogP contribution in [-0.4, -0.2) is 18.3 Å². The Labute approximate surface area is 120 Å². The van der Waals surface area contributed by atoms with E-state index in [1.807, 2.05) is 11.8 Å². The lowest BCUT2D eigenvalue weighted by molar-refractivity contribution is 0.443. The SMILES string of the molecule is CCNC(CSc1ccc2ccccc2c1)C(C)C. The van der Waals surface area contributed by atoms with Crippen molar-refractivity contribution in [3.05, 3.63) is 42.5 Å². The van der Waals surface area contributed by atoms with Crippen molar-refractivity contribution in [1.82, 2.24) is 5.32 Å². The molecule has 0 aliphatic rings. The summed E-state index contributed by atoms with van der Waals surface area (Å²) in [6, 6.07) is 15.9. The van der Waals surface area contributed by atoms with Gasteiger partial charge in [0.2, 0.25) is 0 Å². The number of rotatable bonds is 6. The van der Waals surface area contributed by atoms with Gasteiger partial charge in [-0.2, -0.15) is 0 Å². The second-order valence-electron chi connectivity index (χ2n) is 5.23. The molecule has 2 rings (SSSR count). The van der Waals surface area contributed by atoms with Crippen LogP contribution in [0.3, 0.4) is 0 Å². The molecule has 0 fully saturated rings. The molecule has 0 saturated carbocycles. The Balaban J connectivity index is 2.04. The fraction of sp³-hybridized carbons (Fsp3) is 0.412. The van der Waals surface area contributed by atoms with Crippen LogP contribution in [0.25, 0.3) is 10.8 Å². The Bertz CT molecular complexity index is 521. The van der Waals surface area contributed by atoms with E-state index in [9.17, 15) is 0 Å². The van der Waals surface area contributed by atoms with Crippen LogP contribution < -0.4 is 5.32 Å². The molecule has 2 aromatic rings. The third kappa shape index (κ3) is 3.99. The van der Waals surface area contributed by atoms with Crippen molar-refractivity contribution in [2.75, 3.05) is 12.3 Å². The largest absolute Gasteiger partial charge is 0.313 e. The van der Waals surface area contributed by atoms with E-state index >= 15 is 0 Å². The molecule has 0 radical (unpaired) electrons. The topological polar surface area (TPSA) is 12.0 Å².